The summed E-state index contributed by atoms with van der Waals surface area (Å²) in [6, 6.07) is 73.9. The largest absolute Gasteiger partial charge is 0.417 e. The van der Waals surface area contributed by atoms with Crippen molar-refractivity contribution in [3.63, 3.8) is 0 Å². The molecule has 9 nitrogen and oxygen atoms in total. The maximum Gasteiger partial charge on any atom is 0.417 e. The first-order valence-electron chi connectivity index (χ1n) is 25.3. The summed E-state index contributed by atoms with van der Waals surface area (Å²) in [5.41, 5.74) is 8.52. The van der Waals surface area contributed by atoms with Gasteiger partial charge in [0.15, 0.2) is 17.5 Å². The van der Waals surface area contributed by atoms with Crippen LogP contribution in [-0.4, -0.2) is 24.1 Å². The molecule has 0 saturated heterocycles. The van der Waals surface area contributed by atoms with Crippen LogP contribution in [-0.2, 0) is 6.18 Å². The van der Waals surface area contributed by atoms with Crippen LogP contribution in [0.1, 0.15) is 27.8 Å². The van der Waals surface area contributed by atoms with Crippen molar-refractivity contribution in [2.75, 3.05) is 0 Å². The molecule has 10 aromatic carbocycles. The molecule has 0 atom stereocenters. The molecule has 0 saturated carbocycles. The fourth-order valence-corrected chi connectivity index (χ4v) is 10.9. The fraction of sp³-hybridized carbons (Fsp3) is 0.0147. The van der Waals surface area contributed by atoms with E-state index in [0.29, 0.717) is 83.9 Å². The molecular formula is C68H36F3N9. The number of aromatic nitrogens is 5. The van der Waals surface area contributed by atoms with E-state index in [4.69, 9.17) is 15.0 Å². The first-order chi connectivity index (χ1) is 39.1. The molecule has 0 fully saturated rings. The van der Waals surface area contributed by atoms with Crippen molar-refractivity contribution in [2.45, 2.75) is 6.18 Å². The minimum Gasteiger partial charge on any atom is -0.309 e. The normalized spacial score (nSPS) is 11.4. The Morgan fingerprint density at radius 2 is 0.738 bits per heavy atom. The van der Waals surface area contributed by atoms with Crippen molar-refractivity contribution in [3.8, 4) is 103 Å². The molecule has 3 heterocycles. The van der Waals surface area contributed by atoms with Gasteiger partial charge >= 0.3 is 6.18 Å². The van der Waals surface area contributed by atoms with Gasteiger partial charge in [0.05, 0.1) is 85.5 Å². The molecule has 13 rings (SSSR count). The first-order valence-corrected chi connectivity index (χ1v) is 25.3. The topological polar surface area (TPSA) is 144 Å². The molecule has 0 N–H and O–H groups in total. The van der Waals surface area contributed by atoms with E-state index >= 15 is 13.2 Å². The highest BCUT2D eigenvalue weighted by Crippen LogP contribution is 2.48. The van der Waals surface area contributed by atoms with Crippen LogP contribution in [0.5, 0.6) is 0 Å². The molecule has 13 aromatic rings. The van der Waals surface area contributed by atoms with Gasteiger partial charge in [-0.25, -0.2) is 15.0 Å². The molecule has 0 unspecified atom stereocenters. The summed E-state index contributed by atoms with van der Waals surface area (Å²) in [4.78, 5) is 15.0. The third kappa shape index (κ3) is 8.31. The number of alkyl halides is 3. The summed E-state index contributed by atoms with van der Waals surface area (Å²) in [7, 11) is 0. The Balaban J connectivity index is 1.12. The molecule has 0 radical (unpaired) electrons. The van der Waals surface area contributed by atoms with Crippen LogP contribution in [0.4, 0.5) is 13.2 Å². The number of rotatable bonds is 8. The lowest BCUT2D eigenvalue weighted by molar-refractivity contribution is -0.137. The number of nitriles is 4. The number of hydrogen-bond donors (Lipinski definition) is 0. The molecule has 0 aliphatic rings. The van der Waals surface area contributed by atoms with Gasteiger partial charge in [0.25, 0.3) is 0 Å². The predicted molar refractivity (Wildman–Crippen MR) is 305 cm³/mol. The van der Waals surface area contributed by atoms with Gasteiger partial charge in [-0.05, 0) is 125 Å². The first kappa shape index (κ1) is 48.2. The average Bonchev–Trinajstić information content (AvgIpc) is 4.08. The van der Waals surface area contributed by atoms with E-state index in [-0.39, 0.29) is 22.6 Å². The van der Waals surface area contributed by atoms with Gasteiger partial charge in [0.1, 0.15) is 0 Å². The molecular weight excluding hydrogens is 1000 g/mol. The van der Waals surface area contributed by atoms with Crippen molar-refractivity contribution < 1.29 is 13.2 Å². The molecule has 80 heavy (non-hydrogen) atoms. The quantitative estimate of drug-likeness (QED) is 0.147. The zero-order valence-corrected chi connectivity index (χ0v) is 41.9. The average molecular weight is 1040 g/mol. The highest BCUT2D eigenvalue weighted by Gasteiger charge is 2.37. The molecule has 0 bridgehead atoms. The van der Waals surface area contributed by atoms with Crippen molar-refractivity contribution in [2.24, 2.45) is 0 Å². The lowest BCUT2D eigenvalue weighted by Crippen LogP contribution is -2.11. The highest BCUT2D eigenvalue weighted by molar-refractivity contribution is 6.13. The van der Waals surface area contributed by atoms with Crippen molar-refractivity contribution in [1.29, 1.82) is 21.0 Å². The van der Waals surface area contributed by atoms with Crippen LogP contribution in [0, 0.1) is 45.3 Å². The second kappa shape index (κ2) is 19.3. The smallest absolute Gasteiger partial charge is 0.309 e. The number of hydrogen-bond acceptors (Lipinski definition) is 7. The van der Waals surface area contributed by atoms with Gasteiger partial charge in [0.2, 0.25) is 0 Å². The molecule has 0 aliphatic heterocycles. The lowest BCUT2D eigenvalue weighted by atomic mass is 9.93. The van der Waals surface area contributed by atoms with Crippen LogP contribution < -0.4 is 0 Å². The van der Waals surface area contributed by atoms with E-state index in [1.807, 2.05) is 167 Å². The predicted octanol–water partition coefficient (Wildman–Crippen LogP) is 16.6. The van der Waals surface area contributed by atoms with Crippen molar-refractivity contribution in [3.05, 3.63) is 246 Å². The number of halogens is 3. The van der Waals surface area contributed by atoms with E-state index in [0.717, 1.165) is 44.3 Å². The van der Waals surface area contributed by atoms with E-state index in [2.05, 4.69) is 24.3 Å². The lowest BCUT2D eigenvalue weighted by Gasteiger charge is -2.23. The number of fused-ring (bicyclic) bond motifs is 6. The minimum atomic E-state index is -4.88. The third-order valence-corrected chi connectivity index (χ3v) is 14.4. The Bertz CT molecular complexity index is 4750. The summed E-state index contributed by atoms with van der Waals surface area (Å²) < 4.78 is 53.1. The van der Waals surface area contributed by atoms with Gasteiger partial charge in [-0.1, -0.05) is 115 Å². The highest BCUT2D eigenvalue weighted by atomic mass is 19.4. The van der Waals surface area contributed by atoms with Gasteiger partial charge in [-0.15, -0.1) is 0 Å². The van der Waals surface area contributed by atoms with Crippen LogP contribution in [0.15, 0.2) is 218 Å². The minimum absolute atomic E-state index is 0.107. The number of para-hydroxylation sites is 2. The summed E-state index contributed by atoms with van der Waals surface area (Å²) in [6.07, 6.45) is -4.88. The van der Waals surface area contributed by atoms with Crippen LogP contribution in [0.2, 0.25) is 0 Å². The summed E-state index contributed by atoms with van der Waals surface area (Å²) >= 11 is 0. The molecule has 3 aromatic heterocycles. The van der Waals surface area contributed by atoms with E-state index in [9.17, 15) is 21.0 Å². The van der Waals surface area contributed by atoms with Gasteiger partial charge in [0, 0.05) is 49.4 Å². The maximum absolute atomic E-state index is 16.4. The van der Waals surface area contributed by atoms with Crippen molar-refractivity contribution in [1.82, 2.24) is 24.1 Å². The summed E-state index contributed by atoms with van der Waals surface area (Å²) in [5, 5.41) is 42.6. The molecule has 374 valence electrons. The van der Waals surface area contributed by atoms with Crippen LogP contribution in [0.3, 0.4) is 0 Å². The molecule has 0 aliphatic carbocycles. The zero-order chi connectivity index (χ0) is 54.6. The molecule has 0 amide bonds. The van der Waals surface area contributed by atoms with Crippen LogP contribution >= 0.6 is 0 Å². The Hall–Kier alpha value is -11.4. The van der Waals surface area contributed by atoms with Gasteiger partial charge in [-0.2, -0.15) is 34.2 Å². The fourth-order valence-electron chi connectivity index (χ4n) is 10.9. The Morgan fingerprint density at radius 3 is 1.20 bits per heavy atom. The molecule has 0 spiro atoms. The maximum atomic E-state index is 16.4. The SMILES string of the molecule is N#Cc1cc(C#N)cc(-c2ccc3c(c2)c2ccccc2n3-c2ccc(-c3nc(-c4ccccc4)nc(-c4ccccc4)n3)cc2-c2c(-n3c4ccccc4c4cc(-c5cc(C#N)cc(C#N)c5)ccc43)cccc2C(F)(F)F)c1. The second-order valence-electron chi connectivity index (χ2n) is 19.2. The number of nitrogens with zero attached hydrogens (tertiary/aromatic N) is 9. The van der Waals surface area contributed by atoms with Crippen molar-refractivity contribution >= 4 is 43.6 Å². The van der Waals surface area contributed by atoms with Crippen LogP contribution in [0.25, 0.3) is 123 Å². The second-order valence-corrected chi connectivity index (χ2v) is 19.2. The van der Waals surface area contributed by atoms with E-state index in [1.54, 1.807) is 36.4 Å². The van der Waals surface area contributed by atoms with E-state index in [1.165, 1.54) is 18.2 Å². The number of benzene rings is 10. The molecule has 12 heteroatoms. The zero-order valence-electron chi connectivity index (χ0n) is 41.9. The standard InChI is InChI=1S/C68H36F3N9/c69-68(70,71)57-18-11-21-63(80-59-20-10-8-17-53(59)55-35-48(23-26-61(55)80)51-32-43(39-74)29-44(33-51)40-75)64(57)56-36-49(67-77-65(45-12-3-1-4-13-45)76-66(78-67)46-14-5-2-6-15-46)24-27-62(56)79-58-19-9-7-16-52(58)54-34-47(22-25-60(54)79)50-30-41(37-72)28-42(31-50)38-73/h1-36H. The monoisotopic (exact) mass is 1040 g/mol. The van der Waals surface area contributed by atoms with Gasteiger partial charge in [-0.3, -0.25) is 0 Å². The Morgan fingerprint density at radius 1 is 0.325 bits per heavy atom. The summed E-state index contributed by atoms with van der Waals surface area (Å²) in [6.45, 7) is 0. The van der Waals surface area contributed by atoms with Gasteiger partial charge < -0.3 is 9.13 Å². The van der Waals surface area contributed by atoms with E-state index < -0.39 is 11.7 Å². The Kier molecular flexibility index (Phi) is 11.6. The summed E-state index contributed by atoms with van der Waals surface area (Å²) in [5.74, 6) is 0.999. The Labute approximate surface area is 455 Å². The third-order valence-electron chi connectivity index (χ3n) is 14.4.